The van der Waals surface area contributed by atoms with Gasteiger partial charge in [0.15, 0.2) is 0 Å². The zero-order valence-corrected chi connectivity index (χ0v) is 18.0. The van der Waals surface area contributed by atoms with Gasteiger partial charge in [0.05, 0.1) is 18.0 Å². The Bertz CT molecular complexity index is 735. The average molecular weight is 370 g/mol. The molecule has 1 aliphatic rings. The number of ether oxygens (including phenoxy) is 1. The average Bonchev–Trinajstić information content (AvgIpc) is 2.56. The Labute approximate surface area is 162 Å². The highest BCUT2D eigenvalue weighted by molar-refractivity contribution is 7.99. The fourth-order valence-corrected chi connectivity index (χ4v) is 4.42. The molecule has 0 radical (unpaired) electrons. The molecule has 0 amide bonds. The number of hydrogen-bond acceptors (Lipinski definition) is 3. The minimum absolute atomic E-state index is 0.153. The van der Waals surface area contributed by atoms with Gasteiger partial charge in [-0.1, -0.05) is 65.4 Å². The van der Waals surface area contributed by atoms with Gasteiger partial charge in [0.2, 0.25) is 0 Å². The summed E-state index contributed by atoms with van der Waals surface area (Å²) in [5.41, 5.74) is 5.64. The number of rotatable bonds is 3. The summed E-state index contributed by atoms with van der Waals surface area (Å²) in [4.78, 5) is 5.09. The standard InChI is InChI=1S/C23H31NOS/c1-22(2,3)16-8-10-18-20(14-16)26-21-15-17(23(4,5)6)9-11-19(21)24(18)12-13-25-7/h8-11,14-15H,12-13H2,1-7H3. The molecular formula is C23H31NOS. The van der Waals surface area contributed by atoms with Crippen molar-refractivity contribution in [2.24, 2.45) is 0 Å². The van der Waals surface area contributed by atoms with Crippen LogP contribution >= 0.6 is 11.8 Å². The summed E-state index contributed by atoms with van der Waals surface area (Å²) >= 11 is 1.90. The number of fused-ring (bicyclic) bond motifs is 2. The second-order valence-corrected chi connectivity index (χ2v) is 10.2. The molecule has 2 aromatic carbocycles. The van der Waals surface area contributed by atoms with Gasteiger partial charge in [0, 0.05) is 23.4 Å². The van der Waals surface area contributed by atoms with Gasteiger partial charge in [-0.15, -0.1) is 0 Å². The summed E-state index contributed by atoms with van der Waals surface area (Å²) in [6.45, 7) is 15.2. The van der Waals surface area contributed by atoms with Gasteiger partial charge in [-0.2, -0.15) is 0 Å². The van der Waals surface area contributed by atoms with Crippen LogP contribution in [0, 0.1) is 0 Å². The molecule has 0 saturated heterocycles. The molecule has 2 aromatic rings. The Morgan fingerprint density at radius 3 is 1.65 bits per heavy atom. The number of benzene rings is 2. The van der Waals surface area contributed by atoms with Crippen LogP contribution in [0.3, 0.4) is 0 Å². The smallest absolute Gasteiger partial charge is 0.0642 e. The fourth-order valence-electron chi connectivity index (χ4n) is 3.24. The summed E-state index contributed by atoms with van der Waals surface area (Å²) in [6.07, 6.45) is 0. The van der Waals surface area contributed by atoms with Gasteiger partial charge in [0.1, 0.15) is 0 Å². The first-order valence-electron chi connectivity index (χ1n) is 9.34. The van der Waals surface area contributed by atoms with E-state index in [2.05, 4.69) is 82.8 Å². The van der Waals surface area contributed by atoms with Crippen LogP contribution in [-0.2, 0) is 15.6 Å². The highest BCUT2D eigenvalue weighted by Gasteiger charge is 2.27. The summed E-state index contributed by atoms with van der Waals surface area (Å²) in [5.74, 6) is 0. The lowest BCUT2D eigenvalue weighted by atomic mass is 9.86. The molecule has 1 aliphatic heterocycles. The van der Waals surface area contributed by atoms with Crippen LogP contribution in [0.4, 0.5) is 11.4 Å². The largest absolute Gasteiger partial charge is 0.383 e. The third kappa shape index (κ3) is 3.79. The summed E-state index contributed by atoms with van der Waals surface area (Å²) in [5, 5.41) is 0. The molecule has 0 spiro atoms. The van der Waals surface area contributed by atoms with E-state index in [4.69, 9.17) is 4.74 Å². The monoisotopic (exact) mass is 369 g/mol. The van der Waals surface area contributed by atoms with Crippen LogP contribution in [0.1, 0.15) is 52.7 Å². The Morgan fingerprint density at radius 2 is 1.27 bits per heavy atom. The first kappa shape index (κ1) is 19.3. The minimum atomic E-state index is 0.153. The highest BCUT2D eigenvalue weighted by Crippen LogP contribution is 2.50. The predicted octanol–water partition coefficient (Wildman–Crippen LogP) is 6.53. The van der Waals surface area contributed by atoms with Crippen molar-refractivity contribution in [3.63, 3.8) is 0 Å². The first-order chi connectivity index (χ1) is 12.1. The molecule has 0 aromatic heterocycles. The SMILES string of the molecule is COCCN1c2ccc(C(C)(C)C)cc2Sc2cc(C(C)(C)C)ccc21. The van der Waals surface area contributed by atoms with Crippen LogP contribution in [-0.4, -0.2) is 20.3 Å². The van der Waals surface area contributed by atoms with E-state index in [1.165, 1.54) is 32.3 Å². The lowest BCUT2D eigenvalue weighted by Gasteiger charge is -2.35. The van der Waals surface area contributed by atoms with Crippen molar-refractivity contribution < 1.29 is 4.74 Å². The molecule has 3 rings (SSSR count). The van der Waals surface area contributed by atoms with E-state index in [-0.39, 0.29) is 10.8 Å². The Hall–Kier alpha value is -1.45. The van der Waals surface area contributed by atoms with Crippen molar-refractivity contribution in [2.45, 2.75) is 62.2 Å². The fraction of sp³-hybridized carbons (Fsp3) is 0.478. The van der Waals surface area contributed by atoms with Crippen LogP contribution < -0.4 is 4.90 Å². The molecule has 0 unspecified atom stereocenters. The van der Waals surface area contributed by atoms with E-state index in [9.17, 15) is 0 Å². The summed E-state index contributed by atoms with van der Waals surface area (Å²) < 4.78 is 5.38. The van der Waals surface area contributed by atoms with E-state index in [0.29, 0.717) is 6.61 Å². The number of methoxy groups -OCH3 is 1. The van der Waals surface area contributed by atoms with Gasteiger partial charge in [-0.25, -0.2) is 0 Å². The van der Waals surface area contributed by atoms with Gasteiger partial charge < -0.3 is 9.64 Å². The van der Waals surface area contributed by atoms with Crippen LogP contribution in [0.5, 0.6) is 0 Å². The molecule has 0 atom stereocenters. The Balaban J connectivity index is 2.09. The van der Waals surface area contributed by atoms with Crippen molar-refractivity contribution in [1.29, 1.82) is 0 Å². The van der Waals surface area contributed by atoms with Crippen molar-refractivity contribution in [1.82, 2.24) is 0 Å². The molecule has 2 nitrogen and oxygen atoms in total. The second-order valence-electron chi connectivity index (χ2n) is 9.11. The lowest BCUT2D eigenvalue weighted by molar-refractivity contribution is 0.207. The third-order valence-electron chi connectivity index (χ3n) is 4.97. The first-order valence-corrected chi connectivity index (χ1v) is 10.2. The zero-order valence-electron chi connectivity index (χ0n) is 17.1. The molecule has 1 heterocycles. The topological polar surface area (TPSA) is 12.5 Å². The quantitative estimate of drug-likeness (QED) is 0.610. The van der Waals surface area contributed by atoms with E-state index in [1.807, 2.05) is 11.8 Å². The number of hydrogen-bond donors (Lipinski definition) is 0. The Morgan fingerprint density at radius 1 is 0.808 bits per heavy atom. The summed E-state index contributed by atoms with van der Waals surface area (Å²) in [6, 6.07) is 13.8. The summed E-state index contributed by atoms with van der Waals surface area (Å²) in [7, 11) is 1.77. The van der Waals surface area contributed by atoms with Gasteiger partial charge in [0.25, 0.3) is 0 Å². The van der Waals surface area contributed by atoms with Gasteiger partial charge >= 0.3 is 0 Å². The van der Waals surface area contributed by atoms with Gasteiger partial charge in [-0.3, -0.25) is 0 Å². The highest BCUT2D eigenvalue weighted by atomic mass is 32.2. The molecule has 0 N–H and O–H groups in total. The maximum absolute atomic E-state index is 5.38. The molecule has 0 saturated carbocycles. The maximum atomic E-state index is 5.38. The van der Waals surface area contributed by atoms with Crippen LogP contribution in [0.15, 0.2) is 46.2 Å². The predicted molar refractivity (Wildman–Crippen MR) is 113 cm³/mol. The molecule has 140 valence electrons. The molecular weight excluding hydrogens is 338 g/mol. The molecule has 26 heavy (non-hydrogen) atoms. The molecule has 0 aliphatic carbocycles. The molecule has 0 bridgehead atoms. The van der Waals surface area contributed by atoms with E-state index in [1.54, 1.807) is 7.11 Å². The molecule has 3 heteroatoms. The van der Waals surface area contributed by atoms with E-state index >= 15 is 0 Å². The minimum Gasteiger partial charge on any atom is -0.383 e. The van der Waals surface area contributed by atoms with Gasteiger partial charge in [-0.05, 0) is 46.2 Å². The van der Waals surface area contributed by atoms with Crippen molar-refractivity contribution in [3.8, 4) is 0 Å². The van der Waals surface area contributed by atoms with Crippen molar-refractivity contribution in [2.75, 3.05) is 25.2 Å². The lowest BCUT2D eigenvalue weighted by Crippen LogP contribution is -2.25. The Kier molecular flexibility index (Phi) is 5.15. The normalized spacial score (nSPS) is 14.2. The maximum Gasteiger partial charge on any atom is 0.0642 e. The van der Waals surface area contributed by atoms with Crippen molar-refractivity contribution >= 4 is 23.1 Å². The van der Waals surface area contributed by atoms with E-state index in [0.717, 1.165) is 6.54 Å². The van der Waals surface area contributed by atoms with Crippen LogP contribution in [0.2, 0.25) is 0 Å². The van der Waals surface area contributed by atoms with E-state index < -0.39 is 0 Å². The van der Waals surface area contributed by atoms with Crippen molar-refractivity contribution in [3.05, 3.63) is 47.5 Å². The number of anilines is 2. The molecule has 0 fully saturated rings. The second kappa shape index (κ2) is 6.94. The zero-order chi connectivity index (χ0) is 19.1. The van der Waals surface area contributed by atoms with Crippen LogP contribution in [0.25, 0.3) is 0 Å². The number of nitrogens with zero attached hydrogens (tertiary/aromatic N) is 1. The third-order valence-corrected chi connectivity index (χ3v) is 6.07.